The van der Waals surface area contributed by atoms with Gasteiger partial charge in [0.05, 0.1) is 0 Å². The van der Waals surface area contributed by atoms with E-state index in [-0.39, 0.29) is 0 Å². The van der Waals surface area contributed by atoms with Crippen molar-refractivity contribution in [2.45, 2.75) is 72.1 Å². The first-order valence-corrected chi connectivity index (χ1v) is 9.36. The van der Waals surface area contributed by atoms with Crippen molar-refractivity contribution in [1.82, 2.24) is 0 Å². The summed E-state index contributed by atoms with van der Waals surface area (Å²) in [6, 6.07) is 0. The molecule has 0 spiro atoms. The molecule has 0 aromatic rings. The zero-order valence-electron chi connectivity index (χ0n) is 14.3. The molecule has 0 saturated heterocycles. The molecule has 21 heavy (non-hydrogen) atoms. The molecule has 0 bridgehead atoms. The lowest BCUT2D eigenvalue weighted by atomic mass is 9.46. The average molecular weight is 284 g/mol. The second-order valence-corrected chi connectivity index (χ2v) is 9.06. The summed E-state index contributed by atoms with van der Waals surface area (Å²) in [5.41, 5.74) is 4.41. The maximum absolute atomic E-state index is 4.46. The first-order valence-electron chi connectivity index (χ1n) is 9.36. The van der Waals surface area contributed by atoms with Crippen LogP contribution in [0.25, 0.3) is 0 Å². The van der Waals surface area contributed by atoms with E-state index < -0.39 is 0 Å². The van der Waals surface area contributed by atoms with Gasteiger partial charge in [0.2, 0.25) is 0 Å². The second-order valence-electron chi connectivity index (χ2n) is 9.06. The molecule has 0 radical (unpaired) electrons. The average Bonchev–Trinajstić information content (AvgIpc) is 2.76. The summed E-state index contributed by atoms with van der Waals surface area (Å²) in [7, 11) is 0. The van der Waals surface area contributed by atoms with Crippen LogP contribution in [0, 0.1) is 34.5 Å². The molecule has 4 aliphatic rings. The third kappa shape index (κ3) is 1.74. The van der Waals surface area contributed by atoms with Crippen LogP contribution in [0.5, 0.6) is 0 Å². The zero-order valence-corrected chi connectivity index (χ0v) is 14.3. The van der Waals surface area contributed by atoms with Crippen molar-refractivity contribution in [2.75, 3.05) is 0 Å². The minimum atomic E-state index is 0.464. The van der Waals surface area contributed by atoms with Crippen molar-refractivity contribution in [3.05, 3.63) is 23.8 Å². The van der Waals surface area contributed by atoms with Gasteiger partial charge in [-0.15, -0.1) is 0 Å². The lowest BCUT2D eigenvalue weighted by molar-refractivity contribution is -0.0346. The van der Waals surface area contributed by atoms with Crippen molar-refractivity contribution >= 4 is 0 Å². The topological polar surface area (TPSA) is 0 Å². The molecule has 0 N–H and O–H groups in total. The van der Waals surface area contributed by atoms with Crippen LogP contribution >= 0.6 is 0 Å². The molecule has 4 aliphatic carbocycles. The molecule has 6 unspecified atom stereocenters. The van der Waals surface area contributed by atoms with Crippen LogP contribution in [-0.2, 0) is 0 Å². The Kier molecular flexibility index (Phi) is 3.02. The SMILES string of the molecule is C=C1CCC2C3C(C)C=C4CCCCC4(C)C3CCC12C. The molecule has 0 heterocycles. The van der Waals surface area contributed by atoms with Gasteiger partial charge in [-0.05, 0) is 79.4 Å². The van der Waals surface area contributed by atoms with E-state index in [2.05, 4.69) is 33.4 Å². The summed E-state index contributed by atoms with van der Waals surface area (Å²) in [4.78, 5) is 0. The van der Waals surface area contributed by atoms with Crippen molar-refractivity contribution in [1.29, 1.82) is 0 Å². The first kappa shape index (κ1) is 14.1. The smallest absolute Gasteiger partial charge is 0.00851 e. The molecule has 0 aromatic carbocycles. The highest BCUT2D eigenvalue weighted by molar-refractivity contribution is 5.28. The van der Waals surface area contributed by atoms with Gasteiger partial charge in [0, 0.05) is 0 Å². The Morgan fingerprint density at radius 2 is 1.76 bits per heavy atom. The van der Waals surface area contributed by atoms with E-state index in [4.69, 9.17) is 0 Å². The van der Waals surface area contributed by atoms with Crippen LogP contribution in [0.2, 0.25) is 0 Å². The monoisotopic (exact) mass is 284 g/mol. The normalized spacial score (nSPS) is 52.7. The van der Waals surface area contributed by atoms with Crippen molar-refractivity contribution in [2.24, 2.45) is 34.5 Å². The predicted molar refractivity (Wildman–Crippen MR) is 90.0 cm³/mol. The third-order valence-corrected chi connectivity index (χ3v) is 8.30. The van der Waals surface area contributed by atoms with E-state index >= 15 is 0 Å². The van der Waals surface area contributed by atoms with Gasteiger partial charge in [-0.1, -0.05) is 51.0 Å². The molecule has 116 valence electrons. The Morgan fingerprint density at radius 1 is 1.00 bits per heavy atom. The fourth-order valence-electron chi connectivity index (χ4n) is 6.96. The highest BCUT2D eigenvalue weighted by atomic mass is 14.6. The van der Waals surface area contributed by atoms with E-state index in [1.54, 1.807) is 5.57 Å². The van der Waals surface area contributed by atoms with Gasteiger partial charge in [0.25, 0.3) is 0 Å². The van der Waals surface area contributed by atoms with E-state index in [1.807, 2.05) is 5.57 Å². The zero-order chi connectivity index (χ0) is 14.8. The Bertz CT molecular complexity index is 498. The Labute approximate surface area is 131 Å². The molecule has 0 amide bonds. The van der Waals surface area contributed by atoms with Crippen LogP contribution < -0.4 is 0 Å². The van der Waals surface area contributed by atoms with E-state index in [0.717, 1.165) is 23.7 Å². The van der Waals surface area contributed by atoms with Crippen molar-refractivity contribution < 1.29 is 0 Å². The minimum absolute atomic E-state index is 0.464. The maximum Gasteiger partial charge on any atom is -0.00851 e. The number of rotatable bonds is 0. The van der Waals surface area contributed by atoms with Crippen LogP contribution in [0.4, 0.5) is 0 Å². The summed E-state index contributed by atoms with van der Waals surface area (Å²) >= 11 is 0. The third-order valence-electron chi connectivity index (χ3n) is 8.30. The van der Waals surface area contributed by atoms with Crippen molar-refractivity contribution in [3.8, 4) is 0 Å². The lowest BCUT2D eigenvalue weighted by Crippen LogP contribution is -2.51. The lowest BCUT2D eigenvalue weighted by Gasteiger charge is -2.58. The summed E-state index contributed by atoms with van der Waals surface area (Å²) in [5, 5.41) is 0. The second kappa shape index (κ2) is 4.49. The van der Waals surface area contributed by atoms with Gasteiger partial charge < -0.3 is 0 Å². The highest BCUT2D eigenvalue weighted by Gasteiger charge is 2.57. The van der Waals surface area contributed by atoms with Gasteiger partial charge in [-0.25, -0.2) is 0 Å². The van der Waals surface area contributed by atoms with Crippen molar-refractivity contribution in [3.63, 3.8) is 0 Å². The molecule has 6 atom stereocenters. The van der Waals surface area contributed by atoms with Crippen LogP contribution in [0.1, 0.15) is 72.1 Å². The van der Waals surface area contributed by atoms with E-state index in [9.17, 15) is 0 Å². The molecule has 0 nitrogen and oxygen atoms in total. The number of fused-ring (bicyclic) bond motifs is 5. The van der Waals surface area contributed by atoms with Gasteiger partial charge in [-0.3, -0.25) is 0 Å². The van der Waals surface area contributed by atoms with Gasteiger partial charge in [0.1, 0.15) is 0 Å². The minimum Gasteiger partial charge on any atom is -0.0993 e. The Balaban J connectivity index is 1.76. The first-order chi connectivity index (χ1) is 9.97. The summed E-state index contributed by atoms with van der Waals surface area (Å²) in [6.07, 6.45) is 14.0. The summed E-state index contributed by atoms with van der Waals surface area (Å²) < 4.78 is 0. The molecule has 0 aromatic heterocycles. The van der Waals surface area contributed by atoms with E-state index in [0.29, 0.717) is 10.8 Å². The molecule has 3 fully saturated rings. The summed E-state index contributed by atoms with van der Waals surface area (Å²) in [5.74, 6) is 3.59. The fourth-order valence-corrected chi connectivity index (χ4v) is 6.96. The Morgan fingerprint density at radius 3 is 2.57 bits per heavy atom. The van der Waals surface area contributed by atoms with Crippen LogP contribution in [0.15, 0.2) is 23.8 Å². The quantitative estimate of drug-likeness (QED) is 0.469. The molecule has 0 heteroatoms. The van der Waals surface area contributed by atoms with Crippen LogP contribution in [0.3, 0.4) is 0 Å². The van der Waals surface area contributed by atoms with Crippen LogP contribution in [-0.4, -0.2) is 0 Å². The fraction of sp³-hybridized carbons (Fsp3) is 0.810. The molecular formula is C21H32. The van der Waals surface area contributed by atoms with Gasteiger partial charge >= 0.3 is 0 Å². The Hall–Kier alpha value is -0.520. The number of hydrogen-bond donors (Lipinski definition) is 0. The molecule has 0 aliphatic heterocycles. The summed E-state index contributed by atoms with van der Waals surface area (Å²) in [6.45, 7) is 12.1. The molecular weight excluding hydrogens is 252 g/mol. The highest BCUT2D eigenvalue weighted by Crippen LogP contribution is 2.66. The maximum atomic E-state index is 4.46. The van der Waals surface area contributed by atoms with Gasteiger partial charge in [-0.2, -0.15) is 0 Å². The number of hydrogen-bond acceptors (Lipinski definition) is 0. The standard InChI is InChI=1S/C21H32/c1-14-13-16-7-5-6-11-21(16,4)18-10-12-20(3)15(2)8-9-17(20)19(14)18/h13-14,17-19H,2,5-12H2,1,3-4H3. The van der Waals surface area contributed by atoms with Gasteiger partial charge in [0.15, 0.2) is 0 Å². The largest absolute Gasteiger partial charge is 0.0993 e. The molecule has 4 rings (SSSR count). The number of allylic oxidation sites excluding steroid dienone is 3. The predicted octanol–water partition coefficient (Wildman–Crippen LogP) is 6.14. The molecule has 3 saturated carbocycles. The van der Waals surface area contributed by atoms with E-state index in [1.165, 1.54) is 51.4 Å².